The number of hydrogen-bond acceptors (Lipinski definition) is 4. The number of ether oxygens (including phenoxy) is 1. The monoisotopic (exact) mass is 472 g/mol. The number of rotatable bonds is 5. The Morgan fingerprint density at radius 1 is 1.00 bits per heavy atom. The predicted molar refractivity (Wildman–Crippen MR) is 129 cm³/mol. The fourth-order valence-electron chi connectivity index (χ4n) is 6.46. The summed E-state index contributed by atoms with van der Waals surface area (Å²) in [6, 6.07) is 15.9. The molecule has 2 amide bonds. The normalized spacial score (nSPS) is 28.1. The predicted octanol–water partition coefficient (Wildman–Crippen LogP) is 3.79. The number of fused-ring (bicyclic) bond motifs is 4. The summed E-state index contributed by atoms with van der Waals surface area (Å²) >= 11 is 0. The Morgan fingerprint density at radius 2 is 1.69 bits per heavy atom. The van der Waals surface area contributed by atoms with E-state index in [2.05, 4.69) is 29.6 Å². The van der Waals surface area contributed by atoms with Crippen LogP contribution < -0.4 is 5.32 Å². The van der Waals surface area contributed by atoms with Crippen molar-refractivity contribution in [3.63, 3.8) is 0 Å². The van der Waals surface area contributed by atoms with Gasteiger partial charge in [-0.3, -0.25) is 9.59 Å². The Kier molecular flexibility index (Phi) is 5.35. The molecule has 7 rings (SSSR count). The molecule has 2 aromatic rings. The molecule has 1 saturated carbocycles. The standard InChI is InChI=1S/C28H28N2O5/c31-26(30-14-17-13-24(30)25(17)27(32)33)16-6-5-7-18(12-16)29-28(34)35-15-23-21-10-3-1-8-19(21)20-9-2-4-11-22(20)23/h1-5,7-11,16-18,23-25H,6,12-15H2,(H,29,34)(H,32,33). The second-order valence-corrected chi connectivity index (χ2v) is 10.1. The molecule has 180 valence electrons. The summed E-state index contributed by atoms with van der Waals surface area (Å²) in [5.74, 6) is -1.41. The molecular weight excluding hydrogens is 444 g/mol. The van der Waals surface area contributed by atoms with Crippen molar-refractivity contribution in [2.45, 2.75) is 37.3 Å². The number of carbonyl (C=O) groups is 3. The van der Waals surface area contributed by atoms with Gasteiger partial charge in [0.15, 0.2) is 0 Å². The number of amides is 2. The van der Waals surface area contributed by atoms with E-state index >= 15 is 0 Å². The highest BCUT2D eigenvalue weighted by Gasteiger charge is 2.57. The molecule has 5 aliphatic rings. The van der Waals surface area contributed by atoms with Crippen LogP contribution in [-0.4, -0.2) is 53.2 Å². The number of carboxylic acid groups (broad SMARTS) is 1. The van der Waals surface area contributed by atoms with Crippen LogP contribution in [0.25, 0.3) is 11.1 Å². The molecule has 2 N–H and O–H groups in total. The maximum Gasteiger partial charge on any atom is 0.407 e. The van der Waals surface area contributed by atoms with Crippen molar-refractivity contribution in [2.24, 2.45) is 17.8 Å². The molecule has 0 radical (unpaired) electrons. The van der Waals surface area contributed by atoms with Gasteiger partial charge in [0.1, 0.15) is 6.61 Å². The molecule has 0 aromatic heterocycles. The lowest BCUT2D eigenvalue weighted by molar-refractivity contribution is -0.149. The van der Waals surface area contributed by atoms with Crippen molar-refractivity contribution in [1.82, 2.24) is 10.2 Å². The Labute approximate surface area is 203 Å². The number of hydrogen-bond donors (Lipinski definition) is 2. The van der Waals surface area contributed by atoms with Gasteiger partial charge in [-0.1, -0.05) is 60.7 Å². The maximum absolute atomic E-state index is 13.1. The van der Waals surface area contributed by atoms with Crippen LogP contribution in [0.2, 0.25) is 0 Å². The molecule has 35 heavy (non-hydrogen) atoms. The summed E-state index contributed by atoms with van der Waals surface area (Å²) in [5, 5.41) is 12.3. The second kappa shape index (κ2) is 8.56. The molecule has 2 saturated heterocycles. The van der Waals surface area contributed by atoms with E-state index in [1.54, 1.807) is 4.90 Å². The Balaban J connectivity index is 1.06. The van der Waals surface area contributed by atoms with Gasteiger partial charge in [-0.25, -0.2) is 4.79 Å². The molecular formula is C28H28N2O5. The molecule has 7 nitrogen and oxygen atoms in total. The molecule has 7 heteroatoms. The molecule has 5 unspecified atom stereocenters. The molecule has 5 atom stereocenters. The molecule has 2 heterocycles. The fourth-order valence-corrected chi connectivity index (χ4v) is 6.46. The van der Waals surface area contributed by atoms with Gasteiger partial charge < -0.3 is 20.1 Å². The third-order valence-electron chi connectivity index (χ3n) is 8.19. The highest BCUT2D eigenvalue weighted by atomic mass is 16.5. The summed E-state index contributed by atoms with van der Waals surface area (Å²) in [4.78, 5) is 39.0. The van der Waals surface area contributed by atoms with Crippen LogP contribution in [0.4, 0.5) is 4.79 Å². The second-order valence-electron chi connectivity index (χ2n) is 10.1. The quantitative estimate of drug-likeness (QED) is 0.646. The summed E-state index contributed by atoms with van der Waals surface area (Å²) in [6.07, 6.45) is 5.22. The van der Waals surface area contributed by atoms with Crippen molar-refractivity contribution in [2.75, 3.05) is 13.2 Å². The van der Waals surface area contributed by atoms with E-state index in [1.807, 2.05) is 36.4 Å². The molecule has 2 aromatic carbocycles. The van der Waals surface area contributed by atoms with Gasteiger partial charge >= 0.3 is 12.1 Å². The van der Waals surface area contributed by atoms with Crippen LogP contribution in [0, 0.1) is 17.8 Å². The summed E-state index contributed by atoms with van der Waals surface area (Å²) in [7, 11) is 0. The average Bonchev–Trinajstić information content (AvgIpc) is 3.53. The van der Waals surface area contributed by atoms with E-state index in [9.17, 15) is 19.5 Å². The lowest BCUT2D eigenvalue weighted by Gasteiger charge is -2.35. The van der Waals surface area contributed by atoms with Crippen LogP contribution in [0.5, 0.6) is 0 Å². The van der Waals surface area contributed by atoms with Crippen LogP contribution in [-0.2, 0) is 14.3 Å². The largest absolute Gasteiger partial charge is 0.481 e. The van der Waals surface area contributed by atoms with E-state index in [0.29, 0.717) is 19.4 Å². The summed E-state index contributed by atoms with van der Waals surface area (Å²) in [5.41, 5.74) is 4.68. The van der Waals surface area contributed by atoms with E-state index in [4.69, 9.17) is 4.74 Å². The van der Waals surface area contributed by atoms with Crippen molar-refractivity contribution in [3.05, 3.63) is 71.8 Å². The van der Waals surface area contributed by atoms with Crippen LogP contribution in [0.3, 0.4) is 0 Å². The molecule has 0 spiro atoms. The minimum Gasteiger partial charge on any atom is -0.481 e. The van der Waals surface area contributed by atoms with Crippen molar-refractivity contribution < 1.29 is 24.2 Å². The summed E-state index contributed by atoms with van der Waals surface area (Å²) < 4.78 is 5.66. The van der Waals surface area contributed by atoms with E-state index in [1.165, 1.54) is 11.1 Å². The molecule has 2 aliphatic heterocycles. The SMILES string of the molecule is O=C(NC1C=CCC(C(=O)N2CC3CC2C3C(=O)O)C1)OCC1c2ccccc2-c2ccccc21. The first-order valence-electron chi connectivity index (χ1n) is 12.3. The fraction of sp³-hybridized carbons (Fsp3) is 0.393. The van der Waals surface area contributed by atoms with Crippen molar-refractivity contribution >= 4 is 18.0 Å². The van der Waals surface area contributed by atoms with Gasteiger partial charge in [-0.2, -0.15) is 0 Å². The Hall–Kier alpha value is -3.61. The van der Waals surface area contributed by atoms with Crippen LogP contribution in [0.1, 0.15) is 36.3 Å². The maximum atomic E-state index is 13.1. The number of carbonyl (C=O) groups excluding carboxylic acids is 2. The average molecular weight is 473 g/mol. The number of benzene rings is 2. The number of alkyl carbamates (subject to hydrolysis) is 1. The number of carboxylic acids is 1. The zero-order valence-corrected chi connectivity index (χ0v) is 19.3. The highest BCUT2D eigenvalue weighted by molar-refractivity contribution is 5.83. The van der Waals surface area contributed by atoms with Crippen molar-refractivity contribution in [1.29, 1.82) is 0 Å². The lowest BCUT2D eigenvalue weighted by Crippen LogP contribution is -2.47. The van der Waals surface area contributed by atoms with E-state index in [0.717, 1.165) is 17.5 Å². The molecule has 3 aliphatic carbocycles. The molecule has 2 bridgehead atoms. The summed E-state index contributed by atoms with van der Waals surface area (Å²) in [6.45, 7) is 0.775. The number of nitrogens with one attached hydrogen (secondary N) is 1. The van der Waals surface area contributed by atoms with E-state index in [-0.39, 0.29) is 42.4 Å². The first-order chi connectivity index (χ1) is 17.0. The number of allylic oxidation sites excluding steroid dienone is 1. The Morgan fingerprint density at radius 3 is 2.34 bits per heavy atom. The zero-order chi connectivity index (χ0) is 24.1. The van der Waals surface area contributed by atoms with Crippen LogP contribution >= 0.6 is 0 Å². The third-order valence-corrected chi connectivity index (χ3v) is 8.19. The third kappa shape index (κ3) is 3.70. The van der Waals surface area contributed by atoms with Gasteiger partial charge in [-0.15, -0.1) is 0 Å². The van der Waals surface area contributed by atoms with Gasteiger partial charge in [0.25, 0.3) is 0 Å². The minimum absolute atomic E-state index is 0.00457. The van der Waals surface area contributed by atoms with Crippen LogP contribution in [0.15, 0.2) is 60.7 Å². The smallest absolute Gasteiger partial charge is 0.407 e. The van der Waals surface area contributed by atoms with Gasteiger partial charge in [0.2, 0.25) is 5.91 Å². The highest BCUT2D eigenvalue weighted by Crippen LogP contribution is 2.47. The number of aliphatic carboxylic acids is 1. The molecule has 3 fully saturated rings. The Bertz CT molecular complexity index is 1180. The number of nitrogens with zero attached hydrogens (tertiary/aromatic N) is 1. The minimum atomic E-state index is -0.806. The zero-order valence-electron chi connectivity index (χ0n) is 19.3. The van der Waals surface area contributed by atoms with Gasteiger partial charge in [-0.05, 0) is 47.4 Å². The lowest BCUT2D eigenvalue weighted by atomic mass is 9.74. The topological polar surface area (TPSA) is 95.9 Å². The van der Waals surface area contributed by atoms with Crippen molar-refractivity contribution in [3.8, 4) is 11.1 Å². The van der Waals surface area contributed by atoms with E-state index < -0.39 is 18.0 Å². The van der Waals surface area contributed by atoms with Gasteiger partial charge in [0, 0.05) is 24.4 Å². The first-order valence-corrected chi connectivity index (χ1v) is 12.3. The van der Waals surface area contributed by atoms with Gasteiger partial charge in [0.05, 0.1) is 12.0 Å². The first kappa shape index (κ1) is 21.9.